The molecule has 0 saturated heterocycles. The second-order valence-electron chi connectivity index (χ2n) is 23.0. The number of unbranched alkanes of at least 4 members (excludes halogenated alkanes) is 36. The van der Waals surface area contributed by atoms with Gasteiger partial charge in [-0.3, -0.25) is 14.4 Å². The molecule has 0 aliphatic carbocycles. The molecule has 466 valence electrons. The Morgan fingerprint density at radius 2 is 0.481 bits per heavy atom. The molecule has 0 spiro atoms. The van der Waals surface area contributed by atoms with Crippen LogP contribution in [0.4, 0.5) is 0 Å². The van der Waals surface area contributed by atoms with Gasteiger partial charge in [0.25, 0.3) is 0 Å². The van der Waals surface area contributed by atoms with E-state index in [4.69, 9.17) is 14.2 Å². The summed E-state index contributed by atoms with van der Waals surface area (Å²) in [6, 6.07) is 0. The van der Waals surface area contributed by atoms with Crippen molar-refractivity contribution in [3.63, 3.8) is 0 Å². The minimum absolute atomic E-state index is 0.0745. The summed E-state index contributed by atoms with van der Waals surface area (Å²) in [7, 11) is 0. The van der Waals surface area contributed by atoms with Crippen molar-refractivity contribution in [3.05, 3.63) is 97.2 Å². The molecule has 1 atom stereocenters. The summed E-state index contributed by atoms with van der Waals surface area (Å²) in [4.78, 5) is 38.4. The maximum atomic E-state index is 12.9. The van der Waals surface area contributed by atoms with E-state index in [0.717, 1.165) is 109 Å². The first-order valence-electron chi connectivity index (χ1n) is 34.7. The molecule has 0 aliphatic heterocycles. The van der Waals surface area contributed by atoms with Gasteiger partial charge in [0, 0.05) is 19.3 Å². The molecule has 0 aliphatic rings. The molecule has 0 N–H and O–H groups in total. The number of esters is 3. The Bertz CT molecular complexity index is 1580. The van der Waals surface area contributed by atoms with Crippen LogP contribution in [0.1, 0.15) is 342 Å². The predicted molar refractivity (Wildman–Crippen MR) is 353 cm³/mol. The quantitative estimate of drug-likeness (QED) is 0.0261. The molecule has 0 aromatic carbocycles. The van der Waals surface area contributed by atoms with Crippen molar-refractivity contribution < 1.29 is 28.6 Å². The fourth-order valence-corrected chi connectivity index (χ4v) is 9.96. The van der Waals surface area contributed by atoms with Crippen LogP contribution < -0.4 is 0 Å². The lowest BCUT2D eigenvalue weighted by Gasteiger charge is -2.18. The Hall–Kier alpha value is -3.67. The van der Waals surface area contributed by atoms with E-state index in [0.29, 0.717) is 19.3 Å². The van der Waals surface area contributed by atoms with Crippen LogP contribution in [0.2, 0.25) is 0 Å². The molecular formula is C75H130O6. The van der Waals surface area contributed by atoms with Crippen molar-refractivity contribution in [1.82, 2.24) is 0 Å². The van der Waals surface area contributed by atoms with E-state index in [9.17, 15) is 14.4 Å². The minimum Gasteiger partial charge on any atom is -0.462 e. The molecule has 0 saturated carbocycles. The van der Waals surface area contributed by atoms with Gasteiger partial charge in [-0.25, -0.2) is 0 Å². The fraction of sp³-hybridized carbons (Fsp3) is 0.747. The molecule has 0 bridgehead atoms. The zero-order chi connectivity index (χ0) is 58.5. The second kappa shape index (κ2) is 68.8. The molecule has 0 radical (unpaired) electrons. The molecule has 81 heavy (non-hydrogen) atoms. The van der Waals surface area contributed by atoms with Crippen LogP contribution >= 0.6 is 0 Å². The lowest BCUT2D eigenvalue weighted by atomic mass is 10.0. The smallest absolute Gasteiger partial charge is 0.306 e. The van der Waals surface area contributed by atoms with Crippen LogP contribution in [0.15, 0.2) is 97.2 Å². The van der Waals surface area contributed by atoms with Crippen molar-refractivity contribution in [2.75, 3.05) is 13.2 Å². The van der Waals surface area contributed by atoms with E-state index >= 15 is 0 Å². The molecule has 0 rings (SSSR count). The van der Waals surface area contributed by atoms with Gasteiger partial charge in [-0.05, 0) is 96.3 Å². The van der Waals surface area contributed by atoms with Gasteiger partial charge < -0.3 is 14.2 Å². The summed E-state index contributed by atoms with van der Waals surface area (Å²) in [6.45, 7) is 6.45. The lowest BCUT2D eigenvalue weighted by Crippen LogP contribution is -2.30. The highest BCUT2D eigenvalue weighted by Gasteiger charge is 2.19. The van der Waals surface area contributed by atoms with Crippen LogP contribution in [0.25, 0.3) is 0 Å². The Balaban J connectivity index is 4.20. The number of hydrogen-bond donors (Lipinski definition) is 0. The van der Waals surface area contributed by atoms with Crippen LogP contribution in [-0.2, 0) is 28.6 Å². The van der Waals surface area contributed by atoms with Gasteiger partial charge in [-0.2, -0.15) is 0 Å². The Morgan fingerprint density at radius 3 is 0.753 bits per heavy atom. The highest BCUT2D eigenvalue weighted by molar-refractivity contribution is 5.71. The zero-order valence-electron chi connectivity index (χ0n) is 53.5. The average molecular weight is 1130 g/mol. The largest absolute Gasteiger partial charge is 0.462 e. The first kappa shape index (κ1) is 77.3. The van der Waals surface area contributed by atoms with Crippen molar-refractivity contribution >= 4 is 17.9 Å². The summed E-state index contributed by atoms with van der Waals surface area (Å²) < 4.78 is 17.0. The van der Waals surface area contributed by atoms with Crippen molar-refractivity contribution in [2.24, 2.45) is 0 Å². The van der Waals surface area contributed by atoms with E-state index in [-0.39, 0.29) is 31.1 Å². The van der Waals surface area contributed by atoms with Crippen LogP contribution in [0.3, 0.4) is 0 Å². The van der Waals surface area contributed by atoms with Crippen LogP contribution in [0, 0.1) is 0 Å². The summed E-state index contributed by atoms with van der Waals surface area (Å²) >= 11 is 0. The van der Waals surface area contributed by atoms with Crippen molar-refractivity contribution in [1.29, 1.82) is 0 Å². The molecule has 6 nitrogen and oxygen atoms in total. The summed E-state index contributed by atoms with van der Waals surface area (Å²) in [6.07, 6.45) is 92.9. The third-order valence-corrected chi connectivity index (χ3v) is 15.1. The zero-order valence-corrected chi connectivity index (χ0v) is 53.5. The second-order valence-corrected chi connectivity index (χ2v) is 23.0. The predicted octanol–water partition coefficient (Wildman–Crippen LogP) is 24.0. The number of rotatable bonds is 63. The first-order chi connectivity index (χ1) is 40.0. The van der Waals surface area contributed by atoms with E-state index < -0.39 is 6.10 Å². The van der Waals surface area contributed by atoms with Gasteiger partial charge >= 0.3 is 17.9 Å². The number of carbonyl (C=O) groups is 3. The van der Waals surface area contributed by atoms with Gasteiger partial charge in [0.15, 0.2) is 6.10 Å². The van der Waals surface area contributed by atoms with Gasteiger partial charge in [0.05, 0.1) is 0 Å². The average Bonchev–Trinajstić information content (AvgIpc) is 3.47. The van der Waals surface area contributed by atoms with Crippen LogP contribution in [-0.4, -0.2) is 37.2 Å². The SMILES string of the molecule is CC/C=C\C/C=C\C/C=C\C/C=C\CCCCCCCCCCCCCCCCCCC(=O)OCC(COC(=O)CCCCCCCCCCCCC)OC(=O)CCCCCCCCCCCC/C=C\C/C=C\C/C=C\C/C=C\CC. The van der Waals surface area contributed by atoms with Gasteiger partial charge in [-0.1, -0.05) is 323 Å². The standard InChI is InChI=1S/C75H130O6/c1-4-7-10-13-16-19-22-24-26-28-30-32-34-35-36-37-38-39-41-42-44-46-48-50-53-56-59-62-65-68-74(77)80-71-72(70-79-73(76)67-64-61-58-55-52-21-18-15-12-9-6-3)81-75(78)69-66-63-60-57-54-51-49-47-45-43-40-33-31-29-27-25-23-20-17-14-11-8-5-2/h7-8,10-11,16-17,19-20,24-27,30-33,72H,4-6,9,12-15,18,21-23,28-29,34-71H2,1-3H3/b10-7-,11-8-,19-16-,20-17-,26-24-,27-25-,32-30-,33-31-. The Kier molecular flexibility index (Phi) is 65.7. The van der Waals surface area contributed by atoms with E-state index in [1.54, 1.807) is 0 Å². The van der Waals surface area contributed by atoms with E-state index in [1.807, 2.05) is 0 Å². The van der Waals surface area contributed by atoms with Crippen molar-refractivity contribution in [2.45, 2.75) is 348 Å². The molecule has 0 amide bonds. The summed E-state index contributed by atoms with van der Waals surface area (Å²) in [5, 5.41) is 0. The maximum Gasteiger partial charge on any atom is 0.306 e. The van der Waals surface area contributed by atoms with Crippen LogP contribution in [0.5, 0.6) is 0 Å². The maximum absolute atomic E-state index is 12.9. The molecule has 0 aromatic rings. The van der Waals surface area contributed by atoms with E-state index in [2.05, 4.69) is 118 Å². The topological polar surface area (TPSA) is 78.9 Å². The monoisotopic (exact) mass is 1130 g/mol. The highest BCUT2D eigenvalue weighted by atomic mass is 16.6. The molecule has 0 aromatic heterocycles. The number of carbonyl (C=O) groups excluding carboxylic acids is 3. The van der Waals surface area contributed by atoms with Gasteiger partial charge in [-0.15, -0.1) is 0 Å². The third-order valence-electron chi connectivity index (χ3n) is 15.1. The first-order valence-corrected chi connectivity index (χ1v) is 34.7. The number of hydrogen-bond acceptors (Lipinski definition) is 6. The number of ether oxygens (including phenoxy) is 3. The molecule has 6 heteroatoms. The van der Waals surface area contributed by atoms with E-state index in [1.165, 1.54) is 193 Å². The molecule has 0 heterocycles. The Labute approximate surface area is 502 Å². The summed E-state index contributed by atoms with van der Waals surface area (Å²) in [5.41, 5.74) is 0. The normalized spacial score (nSPS) is 12.7. The van der Waals surface area contributed by atoms with Gasteiger partial charge in [0.1, 0.15) is 13.2 Å². The summed E-state index contributed by atoms with van der Waals surface area (Å²) in [5.74, 6) is -0.863. The van der Waals surface area contributed by atoms with Crippen molar-refractivity contribution in [3.8, 4) is 0 Å². The van der Waals surface area contributed by atoms with Gasteiger partial charge in [0.2, 0.25) is 0 Å². The highest BCUT2D eigenvalue weighted by Crippen LogP contribution is 2.17. The third kappa shape index (κ3) is 67.0. The fourth-order valence-electron chi connectivity index (χ4n) is 9.96. The number of allylic oxidation sites excluding steroid dienone is 16. The molecular weight excluding hydrogens is 997 g/mol. The minimum atomic E-state index is -0.778. The lowest BCUT2D eigenvalue weighted by molar-refractivity contribution is -0.167. The molecule has 1 unspecified atom stereocenters. The molecule has 0 fully saturated rings. The Morgan fingerprint density at radius 1 is 0.259 bits per heavy atom.